The molecule has 0 saturated carbocycles. The average Bonchev–Trinajstić information content (AvgIpc) is 3.01. The number of carbonyl (C=O) groups excluding carboxylic acids is 2. The van der Waals surface area contributed by atoms with E-state index in [1.807, 2.05) is 49.7 Å². The van der Waals surface area contributed by atoms with E-state index in [1.165, 1.54) is 18.6 Å². The van der Waals surface area contributed by atoms with E-state index in [9.17, 15) is 9.59 Å². The van der Waals surface area contributed by atoms with E-state index in [0.29, 0.717) is 0 Å². The largest absolute Gasteiger partial charge is 0.344 e. The number of para-hydroxylation sites is 2. The zero-order valence-corrected chi connectivity index (χ0v) is 15.5. The third-order valence-corrected chi connectivity index (χ3v) is 4.29. The van der Waals surface area contributed by atoms with Crippen LogP contribution in [0.15, 0.2) is 42.9 Å². The molecule has 0 saturated heterocycles. The summed E-state index contributed by atoms with van der Waals surface area (Å²) in [7, 11) is 1.93. The van der Waals surface area contributed by atoms with Crippen molar-refractivity contribution < 1.29 is 9.59 Å². The summed E-state index contributed by atoms with van der Waals surface area (Å²) in [5, 5.41) is 5.52. The van der Waals surface area contributed by atoms with Crippen molar-refractivity contribution in [2.24, 2.45) is 13.0 Å². The first-order valence-corrected chi connectivity index (χ1v) is 8.72. The SMILES string of the molecule is CC(C)[C@@H](NC(=O)CNC(=O)c1cnccn1)c1nc2ccccc2n1C. The number of benzene rings is 1. The van der Waals surface area contributed by atoms with Crippen molar-refractivity contribution in [3.05, 3.63) is 54.4 Å². The standard InChI is InChI=1S/C19H22N6O2/c1-12(2)17(18-23-13-6-4-5-7-15(13)25(18)3)24-16(26)11-22-19(27)14-10-20-8-9-21-14/h4-10,12,17H,11H2,1-3H3,(H,22,27)(H,24,26)/t17-/m1/s1. The Kier molecular flexibility index (Phi) is 5.44. The van der Waals surface area contributed by atoms with Gasteiger partial charge in [0, 0.05) is 19.4 Å². The van der Waals surface area contributed by atoms with E-state index < -0.39 is 5.91 Å². The Balaban J connectivity index is 1.69. The van der Waals surface area contributed by atoms with Crippen molar-refractivity contribution in [3.8, 4) is 0 Å². The van der Waals surface area contributed by atoms with Crippen molar-refractivity contribution in [1.82, 2.24) is 30.2 Å². The summed E-state index contributed by atoms with van der Waals surface area (Å²) in [6.45, 7) is 3.88. The van der Waals surface area contributed by atoms with Crippen LogP contribution >= 0.6 is 0 Å². The number of aromatic nitrogens is 4. The molecule has 1 atom stereocenters. The molecule has 0 aliphatic rings. The van der Waals surface area contributed by atoms with Crippen LogP contribution in [0, 0.1) is 5.92 Å². The molecule has 3 aromatic rings. The molecule has 2 heterocycles. The molecule has 0 radical (unpaired) electrons. The first-order valence-electron chi connectivity index (χ1n) is 8.72. The number of hydrogen-bond acceptors (Lipinski definition) is 5. The zero-order valence-electron chi connectivity index (χ0n) is 15.5. The van der Waals surface area contributed by atoms with Crippen LogP contribution in [0.5, 0.6) is 0 Å². The van der Waals surface area contributed by atoms with E-state index in [2.05, 4.69) is 25.6 Å². The molecule has 140 valence electrons. The van der Waals surface area contributed by atoms with Crippen molar-refractivity contribution in [3.63, 3.8) is 0 Å². The summed E-state index contributed by atoms with van der Waals surface area (Å²) >= 11 is 0. The summed E-state index contributed by atoms with van der Waals surface area (Å²) < 4.78 is 1.98. The minimum Gasteiger partial charge on any atom is -0.344 e. The fourth-order valence-electron chi connectivity index (χ4n) is 2.86. The molecule has 0 fully saturated rings. The molecule has 8 heteroatoms. The Morgan fingerprint density at radius 1 is 1.19 bits per heavy atom. The van der Waals surface area contributed by atoms with Crippen LogP contribution in [0.3, 0.4) is 0 Å². The molecule has 27 heavy (non-hydrogen) atoms. The van der Waals surface area contributed by atoms with Gasteiger partial charge in [-0.2, -0.15) is 0 Å². The van der Waals surface area contributed by atoms with Gasteiger partial charge in [-0.05, 0) is 18.1 Å². The summed E-state index contributed by atoms with van der Waals surface area (Å²) in [4.78, 5) is 36.8. The predicted molar refractivity (Wildman–Crippen MR) is 101 cm³/mol. The summed E-state index contributed by atoms with van der Waals surface area (Å²) in [5.41, 5.74) is 2.05. The second-order valence-electron chi connectivity index (χ2n) is 6.58. The van der Waals surface area contributed by atoms with Crippen LogP contribution in [0.2, 0.25) is 0 Å². The maximum absolute atomic E-state index is 12.4. The highest BCUT2D eigenvalue weighted by Crippen LogP contribution is 2.24. The smallest absolute Gasteiger partial charge is 0.271 e. The lowest BCUT2D eigenvalue weighted by Crippen LogP contribution is -2.41. The Morgan fingerprint density at radius 2 is 1.96 bits per heavy atom. The normalized spacial score (nSPS) is 12.1. The second-order valence-corrected chi connectivity index (χ2v) is 6.58. The number of rotatable bonds is 6. The highest BCUT2D eigenvalue weighted by atomic mass is 16.2. The number of nitrogens with one attached hydrogen (secondary N) is 2. The third-order valence-electron chi connectivity index (χ3n) is 4.29. The van der Waals surface area contributed by atoms with E-state index >= 15 is 0 Å². The van der Waals surface area contributed by atoms with Gasteiger partial charge in [0.15, 0.2) is 0 Å². The highest BCUT2D eigenvalue weighted by Gasteiger charge is 2.24. The molecule has 0 bridgehead atoms. The Morgan fingerprint density at radius 3 is 2.63 bits per heavy atom. The Hall–Kier alpha value is -3.29. The first-order chi connectivity index (χ1) is 13.0. The second kappa shape index (κ2) is 7.94. The first kappa shape index (κ1) is 18.5. The van der Waals surface area contributed by atoms with Crippen molar-refractivity contribution in [2.45, 2.75) is 19.9 Å². The number of aryl methyl sites for hydroxylation is 1. The number of fused-ring (bicyclic) bond motifs is 1. The van der Waals surface area contributed by atoms with Crippen LogP contribution in [-0.2, 0) is 11.8 Å². The van der Waals surface area contributed by atoms with Gasteiger partial charge in [0.2, 0.25) is 5.91 Å². The van der Waals surface area contributed by atoms with Gasteiger partial charge >= 0.3 is 0 Å². The van der Waals surface area contributed by atoms with Crippen LogP contribution < -0.4 is 10.6 Å². The number of amides is 2. The van der Waals surface area contributed by atoms with Gasteiger partial charge in [0.05, 0.1) is 29.8 Å². The van der Waals surface area contributed by atoms with Gasteiger partial charge in [0.1, 0.15) is 11.5 Å². The quantitative estimate of drug-likeness (QED) is 0.690. The topological polar surface area (TPSA) is 102 Å². The monoisotopic (exact) mass is 366 g/mol. The number of imidazole rings is 1. The highest BCUT2D eigenvalue weighted by molar-refractivity contribution is 5.94. The van der Waals surface area contributed by atoms with Crippen molar-refractivity contribution >= 4 is 22.8 Å². The zero-order chi connectivity index (χ0) is 19.4. The van der Waals surface area contributed by atoms with E-state index in [4.69, 9.17) is 0 Å². The lowest BCUT2D eigenvalue weighted by molar-refractivity contribution is -0.121. The fourth-order valence-corrected chi connectivity index (χ4v) is 2.86. The molecule has 3 rings (SSSR count). The molecule has 0 spiro atoms. The van der Waals surface area contributed by atoms with E-state index in [1.54, 1.807) is 0 Å². The van der Waals surface area contributed by atoms with Crippen LogP contribution in [0.1, 0.15) is 36.2 Å². The van der Waals surface area contributed by atoms with Gasteiger partial charge in [-0.3, -0.25) is 14.6 Å². The molecule has 8 nitrogen and oxygen atoms in total. The van der Waals surface area contributed by atoms with Gasteiger partial charge in [0.25, 0.3) is 5.91 Å². The summed E-state index contributed by atoms with van der Waals surface area (Å²) in [6.07, 6.45) is 4.26. The van der Waals surface area contributed by atoms with Crippen LogP contribution in [0.25, 0.3) is 11.0 Å². The number of nitrogens with zero attached hydrogens (tertiary/aromatic N) is 4. The molecule has 0 aliphatic heterocycles. The predicted octanol–water partition coefficient (Wildman–Crippen LogP) is 1.61. The van der Waals surface area contributed by atoms with Crippen LogP contribution in [-0.4, -0.2) is 37.9 Å². The Bertz CT molecular complexity index is 951. The number of hydrogen-bond donors (Lipinski definition) is 2. The Labute approximate surface area is 157 Å². The molecule has 2 amide bonds. The number of carbonyl (C=O) groups is 2. The van der Waals surface area contributed by atoms with Crippen molar-refractivity contribution in [2.75, 3.05) is 6.54 Å². The molecule has 2 aromatic heterocycles. The lowest BCUT2D eigenvalue weighted by atomic mass is 10.0. The van der Waals surface area contributed by atoms with Gasteiger partial charge in [-0.25, -0.2) is 9.97 Å². The molecule has 2 N–H and O–H groups in total. The third kappa shape index (κ3) is 4.11. The minimum atomic E-state index is -0.443. The van der Waals surface area contributed by atoms with Gasteiger partial charge in [-0.1, -0.05) is 26.0 Å². The molecular formula is C19H22N6O2. The minimum absolute atomic E-state index is 0.125. The fraction of sp³-hybridized carbons (Fsp3) is 0.316. The molecule has 1 aromatic carbocycles. The average molecular weight is 366 g/mol. The van der Waals surface area contributed by atoms with Crippen LogP contribution in [0.4, 0.5) is 0 Å². The maximum Gasteiger partial charge on any atom is 0.271 e. The summed E-state index contributed by atoms with van der Waals surface area (Å²) in [6, 6.07) is 7.55. The molecular weight excluding hydrogens is 344 g/mol. The van der Waals surface area contributed by atoms with Gasteiger partial charge < -0.3 is 15.2 Å². The lowest BCUT2D eigenvalue weighted by Gasteiger charge is -2.22. The summed E-state index contributed by atoms with van der Waals surface area (Å²) in [5.74, 6) is 0.167. The molecule has 0 unspecified atom stereocenters. The molecule has 0 aliphatic carbocycles. The maximum atomic E-state index is 12.4. The van der Waals surface area contributed by atoms with Crippen molar-refractivity contribution in [1.29, 1.82) is 0 Å². The van der Waals surface area contributed by atoms with E-state index in [-0.39, 0.29) is 30.1 Å². The van der Waals surface area contributed by atoms with E-state index in [0.717, 1.165) is 16.9 Å². The van der Waals surface area contributed by atoms with Gasteiger partial charge in [-0.15, -0.1) is 0 Å².